The highest BCUT2D eigenvalue weighted by Gasteiger charge is 2.29. The van der Waals surface area contributed by atoms with Crippen LogP contribution in [-0.4, -0.2) is 47.8 Å². The first kappa shape index (κ1) is 23.4. The van der Waals surface area contributed by atoms with Crippen LogP contribution in [0.4, 0.5) is 0 Å². The largest absolute Gasteiger partial charge is 0.272 e. The Kier molecular flexibility index (Phi) is 7.11. The van der Waals surface area contributed by atoms with Crippen LogP contribution < -0.4 is 0 Å². The minimum atomic E-state index is -3.18. The highest BCUT2D eigenvalue weighted by atomic mass is 35.5. The van der Waals surface area contributed by atoms with E-state index in [1.165, 1.54) is 11.1 Å². The van der Waals surface area contributed by atoms with Gasteiger partial charge in [0, 0.05) is 35.0 Å². The van der Waals surface area contributed by atoms with Crippen molar-refractivity contribution in [1.29, 1.82) is 0 Å². The fraction of sp³-hybridized carbons (Fsp3) is 0.619. The van der Waals surface area contributed by atoms with E-state index in [4.69, 9.17) is 16.7 Å². The van der Waals surface area contributed by atoms with E-state index >= 15 is 0 Å². The fourth-order valence-electron chi connectivity index (χ4n) is 3.75. The van der Waals surface area contributed by atoms with Gasteiger partial charge in [0.1, 0.15) is 0 Å². The van der Waals surface area contributed by atoms with Gasteiger partial charge in [0.15, 0.2) is 0 Å². The van der Waals surface area contributed by atoms with E-state index in [-0.39, 0.29) is 11.8 Å². The van der Waals surface area contributed by atoms with E-state index in [1.54, 1.807) is 20.3 Å². The Balaban J connectivity index is 1.84. The lowest BCUT2D eigenvalue weighted by atomic mass is 9.95. The van der Waals surface area contributed by atoms with Crippen molar-refractivity contribution >= 4 is 38.9 Å². The van der Waals surface area contributed by atoms with Crippen LogP contribution in [0.3, 0.4) is 0 Å². The summed E-state index contributed by atoms with van der Waals surface area (Å²) >= 11 is 7.60. The first-order chi connectivity index (χ1) is 13.9. The van der Waals surface area contributed by atoms with Crippen molar-refractivity contribution in [2.75, 3.05) is 19.3 Å². The third-order valence-electron chi connectivity index (χ3n) is 5.47. The SMILES string of the molecule is CC(C)(C)C(=O)n1nc(C2CCCN(S(C)(=O)=O)CC2)cc1CCc1ccc(Cl)s1. The molecule has 3 rings (SSSR count). The molecule has 0 aliphatic carbocycles. The summed E-state index contributed by atoms with van der Waals surface area (Å²) in [6.45, 7) is 6.73. The van der Waals surface area contributed by atoms with Crippen LogP contribution in [0.1, 0.15) is 67.0 Å². The number of sulfonamides is 1. The lowest BCUT2D eigenvalue weighted by Crippen LogP contribution is -2.30. The average Bonchev–Trinajstić information content (AvgIpc) is 3.15. The molecule has 1 aliphatic rings. The van der Waals surface area contributed by atoms with Gasteiger partial charge >= 0.3 is 0 Å². The summed E-state index contributed by atoms with van der Waals surface area (Å²) < 4.78 is 27.7. The minimum Gasteiger partial charge on any atom is -0.272 e. The quantitative estimate of drug-likeness (QED) is 0.638. The van der Waals surface area contributed by atoms with Crippen LogP contribution in [0, 0.1) is 5.41 Å². The molecule has 0 spiro atoms. The number of aryl methyl sites for hydroxylation is 2. The van der Waals surface area contributed by atoms with Gasteiger partial charge in [-0.15, -0.1) is 11.3 Å². The molecule has 2 aromatic rings. The summed E-state index contributed by atoms with van der Waals surface area (Å²) in [7, 11) is -3.18. The molecule has 2 aromatic heterocycles. The van der Waals surface area contributed by atoms with E-state index < -0.39 is 15.4 Å². The van der Waals surface area contributed by atoms with Crippen LogP contribution >= 0.6 is 22.9 Å². The molecule has 9 heteroatoms. The summed E-state index contributed by atoms with van der Waals surface area (Å²) in [5, 5.41) is 4.72. The fourth-order valence-corrected chi connectivity index (χ4v) is 5.73. The molecular weight excluding hydrogens is 442 g/mol. The van der Waals surface area contributed by atoms with E-state index in [0.29, 0.717) is 25.9 Å². The van der Waals surface area contributed by atoms with Crippen molar-refractivity contribution in [3.05, 3.63) is 38.8 Å². The molecular formula is C21H30ClN3O3S2. The molecule has 0 saturated carbocycles. The lowest BCUT2D eigenvalue weighted by molar-refractivity contribution is 0.0744. The average molecular weight is 472 g/mol. The van der Waals surface area contributed by atoms with Gasteiger partial charge in [-0.05, 0) is 50.3 Å². The smallest absolute Gasteiger partial charge is 0.252 e. The third-order valence-corrected chi connectivity index (χ3v) is 8.06. The molecule has 0 amide bonds. The first-order valence-electron chi connectivity index (χ1n) is 10.3. The monoisotopic (exact) mass is 471 g/mol. The van der Waals surface area contributed by atoms with Gasteiger partial charge in [0.25, 0.3) is 5.91 Å². The van der Waals surface area contributed by atoms with Crippen molar-refractivity contribution < 1.29 is 13.2 Å². The van der Waals surface area contributed by atoms with Gasteiger partial charge in [-0.2, -0.15) is 5.10 Å². The highest BCUT2D eigenvalue weighted by Crippen LogP contribution is 2.30. The normalized spacial score (nSPS) is 19.0. The van der Waals surface area contributed by atoms with Crippen LogP contribution in [0.2, 0.25) is 4.34 Å². The topological polar surface area (TPSA) is 72.3 Å². The van der Waals surface area contributed by atoms with Gasteiger partial charge in [-0.25, -0.2) is 17.4 Å². The molecule has 1 fully saturated rings. The summed E-state index contributed by atoms with van der Waals surface area (Å²) in [6.07, 6.45) is 5.14. The Morgan fingerprint density at radius 1 is 1.23 bits per heavy atom. The van der Waals surface area contributed by atoms with Crippen LogP contribution in [0.5, 0.6) is 0 Å². The molecule has 6 nitrogen and oxygen atoms in total. The second-order valence-corrected chi connectivity index (χ2v) is 12.8. The molecule has 0 N–H and O–H groups in total. The van der Waals surface area contributed by atoms with E-state index in [2.05, 4.69) is 0 Å². The number of aromatic nitrogens is 2. The summed E-state index contributed by atoms with van der Waals surface area (Å²) in [4.78, 5) is 14.2. The van der Waals surface area contributed by atoms with Gasteiger partial charge in [0.05, 0.1) is 16.3 Å². The Bertz CT molecular complexity index is 1010. The van der Waals surface area contributed by atoms with Gasteiger partial charge in [-0.3, -0.25) is 4.79 Å². The second-order valence-electron chi connectivity index (χ2n) is 9.02. The number of hydrogen-bond acceptors (Lipinski definition) is 5. The number of halogens is 1. The Labute approximate surface area is 188 Å². The Hall–Kier alpha value is -1.22. The zero-order valence-electron chi connectivity index (χ0n) is 18.0. The van der Waals surface area contributed by atoms with Crippen LogP contribution in [0.25, 0.3) is 0 Å². The molecule has 30 heavy (non-hydrogen) atoms. The Morgan fingerprint density at radius 2 is 1.97 bits per heavy atom. The summed E-state index contributed by atoms with van der Waals surface area (Å²) in [5.74, 6) is 0.125. The van der Waals surface area contributed by atoms with Gasteiger partial charge < -0.3 is 0 Å². The molecule has 1 aliphatic heterocycles. The van der Waals surface area contributed by atoms with Crippen molar-refractivity contribution in [1.82, 2.24) is 14.1 Å². The predicted molar refractivity (Wildman–Crippen MR) is 122 cm³/mol. The number of nitrogens with zero attached hydrogens (tertiary/aromatic N) is 3. The van der Waals surface area contributed by atoms with Gasteiger partial charge in [-0.1, -0.05) is 32.4 Å². The zero-order valence-corrected chi connectivity index (χ0v) is 20.4. The summed E-state index contributed by atoms with van der Waals surface area (Å²) in [5.41, 5.74) is 1.25. The third kappa shape index (κ3) is 5.72. The van der Waals surface area contributed by atoms with Crippen LogP contribution in [0.15, 0.2) is 18.2 Å². The van der Waals surface area contributed by atoms with Crippen molar-refractivity contribution in [2.24, 2.45) is 5.41 Å². The van der Waals surface area contributed by atoms with E-state index in [9.17, 15) is 13.2 Å². The lowest BCUT2D eigenvalue weighted by Gasteiger charge is -2.18. The number of hydrogen-bond donors (Lipinski definition) is 0. The maximum atomic E-state index is 13.0. The van der Waals surface area contributed by atoms with Crippen molar-refractivity contribution in [3.63, 3.8) is 0 Å². The zero-order chi connectivity index (χ0) is 22.1. The minimum absolute atomic E-state index is 0.0284. The maximum Gasteiger partial charge on any atom is 0.252 e. The standard InChI is InChI=1S/C21H30ClN3O3S2/c1-21(2,3)20(26)25-16(7-8-17-9-10-19(22)29-17)14-18(23-25)15-6-5-12-24(13-11-15)30(4,27)28/h9-10,14-15H,5-8,11-13H2,1-4H3. The molecule has 1 saturated heterocycles. The van der Waals surface area contributed by atoms with E-state index in [0.717, 1.165) is 35.0 Å². The first-order valence-corrected chi connectivity index (χ1v) is 13.3. The maximum absolute atomic E-state index is 13.0. The number of rotatable bonds is 5. The van der Waals surface area contributed by atoms with E-state index in [1.807, 2.05) is 39.0 Å². The van der Waals surface area contributed by atoms with Crippen molar-refractivity contribution in [3.8, 4) is 0 Å². The molecule has 1 atom stereocenters. The molecule has 3 heterocycles. The number of carbonyl (C=O) groups excluding carboxylic acids is 1. The van der Waals surface area contributed by atoms with Crippen LogP contribution in [-0.2, 0) is 22.9 Å². The molecule has 0 radical (unpaired) electrons. The highest BCUT2D eigenvalue weighted by molar-refractivity contribution is 7.88. The molecule has 1 unspecified atom stereocenters. The molecule has 0 bridgehead atoms. The predicted octanol–water partition coefficient (Wildman–Crippen LogP) is 4.60. The molecule has 166 valence electrons. The number of carbonyl (C=O) groups is 1. The number of thiophene rings is 1. The molecule has 0 aromatic carbocycles. The second kappa shape index (κ2) is 9.10. The summed E-state index contributed by atoms with van der Waals surface area (Å²) in [6, 6.07) is 5.95. The van der Waals surface area contributed by atoms with Crippen molar-refractivity contribution in [2.45, 2.75) is 58.8 Å². The Morgan fingerprint density at radius 3 is 2.57 bits per heavy atom. The van der Waals surface area contributed by atoms with Gasteiger partial charge in [0.2, 0.25) is 10.0 Å².